The lowest BCUT2D eigenvalue weighted by atomic mass is 9.83. The molecule has 2 aliphatic rings. The molecule has 0 unspecified atom stereocenters. The molecule has 0 amide bonds. The van der Waals surface area contributed by atoms with Crippen molar-refractivity contribution in [3.05, 3.63) is 142 Å². The normalized spacial score (nSPS) is 15.9. The molecule has 214 valence electrons. The average molecular weight is 590 g/mol. The summed E-state index contributed by atoms with van der Waals surface area (Å²) in [5.74, 6) is 1.68. The highest BCUT2D eigenvalue weighted by atomic mass is 32.1. The van der Waals surface area contributed by atoms with Crippen LogP contribution in [0.15, 0.2) is 92.6 Å². The van der Waals surface area contributed by atoms with E-state index in [4.69, 9.17) is 14.1 Å². The number of benzene rings is 3. The average Bonchev–Trinajstić information content (AvgIpc) is 3.61. The van der Waals surface area contributed by atoms with Gasteiger partial charge in [0.25, 0.3) is 11.2 Å². The molecule has 3 aromatic carbocycles. The number of thiazole rings is 1. The first-order valence-corrected chi connectivity index (χ1v) is 14.8. The predicted molar refractivity (Wildman–Crippen MR) is 166 cm³/mol. The van der Waals surface area contributed by atoms with Crippen LogP contribution in [0.1, 0.15) is 46.0 Å². The molecule has 1 aliphatic carbocycles. The van der Waals surface area contributed by atoms with Gasteiger partial charge in [0, 0.05) is 34.4 Å². The van der Waals surface area contributed by atoms with Gasteiger partial charge in [0.15, 0.2) is 4.80 Å². The number of aryl methyl sites for hydroxylation is 2. The van der Waals surface area contributed by atoms with E-state index in [0.29, 0.717) is 37.7 Å². The van der Waals surface area contributed by atoms with E-state index in [1.807, 2.05) is 49.4 Å². The lowest BCUT2D eigenvalue weighted by molar-refractivity contribution is -0.385. The van der Waals surface area contributed by atoms with Gasteiger partial charge in [-0.3, -0.25) is 19.5 Å². The molecule has 5 aromatic rings. The van der Waals surface area contributed by atoms with Gasteiger partial charge in [-0.15, -0.1) is 0 Å². The number of para-hydroxylation sites is 1. The van der Waals surface area contributed by atoms with E-state index < -0.39 is 0 Å². The van der Waals surface area contributed by atoms with Crippen LogP contribution in [-0.2, 0) is 6.42 Å². The summed E-state index contributed by atoms with van der Waals surface area (Å²) in [7, 11) is 1.65. The van der Waals surface area contributed by atoms with Gasteiger partial charge in [0.05, 0.1) is 28.3 Å². The zero-order valence-electron chi connectivity index (χ0n) is 23.8. The molecule has 7 rings (SSSR count). The number of furan rings is 1. The van der Waals surface area contributed by atoms with Crippen LogP contribution in [0.4, 0.5) is 5.69 Å². The van der Waals surface area contributed by atoms with E-state index in [1.54, 1.807) is 36.8 Å². The summed E-state index contributed by atoms with van der Waals surface area (Å²) in [5, 5.41) is 11.6. The molecule has 2 aromatic heterocycles. The molecular weight excluding hydrogens is 562 g/mol. The molecule has 0 fully saturated rings. The van der Waals surface area contributed by atoms with Crippen LogP contribution >= 0.6 is 11.3 Å². The van der Waals surface area contributed by atoms with E-state index in [2.05, 4.69) is 12.1 Å². The molecule has 0 bridgehead atoms. The number of nitrogens with zero attached hydrogens (tertiary/aromatic N) is 3. The maximum absolute atomic E-state index is 14.1. The molecule has 0 radical (unpaired) electrons. The number of nitro benzene ring substituents is 1. The Kier molecular flexibility index (Phi) is 6.47. The quantitative estimate of drug-likeness (QED) is 0.182. The molecule has 0 N–H and O–H groups in total. The fourth-order valence-electron chi connectivity index (χ4n) is 6.08. The largest absolute Gasteiger partial charge is 0.496 e. The fraction of sp³-hybridized carbons (Fsp3) is 0.176. The van der Waals surface area contributed by atoms with Crippen LogP contribution in [0.25, 0.3) is 23.1 Å². The molecule has 1 atom stereocenters. The van der Waals surface area contributed by atoms with Crippen molar-refractivity contribution in [2.75, 3.05) is 7.11 Å². The van der Waals surface area contributed by atoms with Gasteiger partial charge in [-0.2, -0.15) is 0 Å². The van der Waals surface area contributed by atoms with E-state index in [-0.39, 0.29) is 22.2 Å². The van der Waals surface area contributed by atoms with Gasteiger partial charge in [-0.25, -0.2) is 4.99 Å². The van der Waals surface area contributed by atoms with Crippen LogP contribution in [0.3, 0.4) is 0 Å². The van der Waals surface area contributed by atoms with E-state index in [1.165, 1.54) is 23.0 Å². The summed E-state index contributed by atoms with van der Waals surface area (Å²) in [5.41, 5.74) is 7.19. The summed E-state index contributed by atoms with van der Waals surface area (Å²) in [4.78, 5) is 31.0. The first-order valence-electron chi connectivity index (χ1n) is 14.0. The smallest absolute Gasteiger partial charge is 0.273 e. The molecule has 3 heterocycles. The highest BCUT2D eigenvalue weighted by Gasteiger charge is 2.34. The molecule has 0 spiro atoms. The van der Waals surface area contributed by atoms with Crippen LogP contribution in [0, 0.1) is 24.0 Å². The molecule has 8 nitrogen and oxygen atoms in total. The Balaban J connectivity index is 1.39. The van der Waals surface area contributed by atoms with E-state index >= 15 is 0 Å². The van der Waals surface area contributed by atoms with Gasteiger partial charge in [0.1, 0.15) is 17.3 Å². The lowest BCUT2D eigenvalue weighted by Crippen LogP contribution is -2.38. The first kappa shape index (κ1) is 26.9. The van der Waals surface area contributed by atoms with Gasteiger partial charge < -0.3 is 9.15 Å². The van der Waals surface area contributed by atoms with Crippen molar-refractivity contribution in [2.45, 2.75) is 32.7 Å². The Morgan fingerprint density at radius 1 is 1.07 bits per heavy atom. The molecule has 9 heteroatoms. The number of fused-ring (bicyclic) bond motifs is 3. The molecule has 0 saturated heterocycles. The third kappa shape index (κ3) is 4.44. The van der Waals surface area contributed by atoms with Crippen LogP contribution in [0.2, 0.25) is 0 Å². The second kappa shape index (κ2) is 10.4. The zero-order valence-corrected chi connectivity index (χ0v) is 24.6. The van der Waals surface area contributed by atoms with Crippen molar-refractivity contribution in [3.8, 4) is 17.1 Å². The van der Waals surface area contributed by atoms with Gasteiger partial charge >= 0.3 is 0 Å². The van der Waals surface area contributed by atoms with Crippen molar-refractivity contribution < 1.29 is 14.1 Å². The Morgan fingerprint density at radius 2 is 1.86 bits per heavy atom. The zero-order chi connectivity index (χ0) is 29.8. The predicted octanol–water partition coefficient (Wildman–Crippen LogP) is 6.11. The summed E-state index contributed by atoms with van der Waals surface area (Å²) >= 11 is 1.32. The van der Waals surface area contributed by atoms with E-state index in [0.717, 1.165) is 40.8 Å². The third-order valence-corrected chi connectivity index (χ3v) is 9.31. The number of aromatic nitrogens is 1. The second-order valence-electron chi connectivity index (χ2n) is 10.8. The molecular formula is C34H27N3O5S. The highest BCUT2D eigenvalue weighted by molar-refractivity contribution is 7.07. The number of rotatable bonds is 5. The van der Waals surface area contributed by atoms with Crippen molar-refractivity contribution in [1.29, 1.82) is 0 Å². The minimum absolute atomic E-state index is 0.0446. The minimum Gasteiger partial charge on any atom is -0.496 e. The summed E-state index contributed by atoms with van der Waals surface area (Å²) in [6, 6.07) is 22.7. The molecule has 1 aliphatic heterocycles. The number of hydrogen-bond acceptors (Lipinski definition) is 7. The monoisotopic (exact) mass is 589 g/mol. The maximum Gasteiger partial charge on any atom is 0.273 e. The topological polar surface area (TPSA) is 99.9 Å². The number of allylic oxidation sites excluding steroid dienone is 1. The maximum atomic E-state index is 14.1. The Hall–Kier alpha value is -5.02. The van der Waals surface area contributed by atoms with E-state index in [9.17, 15) is 14.9 Å². The third-order valence-electron chi connectivity index (χ3n) is 8.33. The standard InChI is InChI=1S/C34H27N3O5S/c1-19-16-22(17-27(20(19)2)37(39)40)28-15-13-23(42-28)18-30-33(38)36-32(25-10-6-7-11-29(25)41-3)26-14-12-21-8-4-5-9-24(21)31(26)35-34(36)43-30/h4-11,13,15-18,32H,12,14H2,1-3H3/b30-18-/t32-/m0/s1. The fourth-order valence-corrected chi connectivity index (χ4v) is 7.06. The van der Waals surface area contributed by atoms with Crippen LogP contribution < -0.4 is 19.6 Å². The van der Waals surface area contributed by atoms with Gasteiger partial charge in [0.2, 0.25) is 0 Å². The number of nitro groups is 1. The van der Waals surface area contributed by atoms with Crippen LogP contribution in [-0.4, -0.2) is 16.6 Å². The Labute approximate surface area is 250 Å². The molecule has 43 heavy (non-hydrogen) atoms. The lowest BCUT2D eigenvalue weighted by Gasteiger charge is -2.31. The van der Waals surface area contributed by atoms with Crippen molar-refractivity contribution in [3.63, 3.8) is 0 Å². The van der Waals surface area contributed by atoms with Crippen LogP contribution in [0.5, 0.6) is 5.75 Å². The Bertz CT molecular complexity index is 2170. The second-order valence-corrected chi connectivity index (χ2v) is 11.8. The minimum atomic E-state index is -0.382. The van der Waals surface area contributed by atoms with Crippen molar-refractivity contribution in [2.24, 2.45) is 4.99 Å². The summed E-state index contributed by atoms with van der Waals surface area (Å²) in [6.07, 6.45) is 3.37. The SMILES string of the molecule is COc1ccccc1[C@H]1C2=C(N=c3s/c(=C\c4ccc(-c5cc(C)c(C)c([N+](=O)[O-])c5)o4)c(=O)n31)c1ccccc1CC2. The number of methoxy groups -OCH3 is 1. The first-order chi connectivity index (χ1) is 20.8. The van der Waals surface area contributed by atoms with Crippen molar-refractivity contribution >= 4 is 28.8 Å². The molecule has 0 saturated carbocycles. The number of hydrogen-bond donors (Lipinski definition) is 0. The Morgan fingerprint density at radius 3 is 2.67 bits per heavy atom. The van der Waals surface area contributed by atoms with Gasteiger partial charge in [-0.05, 0) is 67.7 Å². The summed E-state index contributed by atoms with van der Waals surface area (Å²) in [6.45, 7) is 3.58. The van der Waals surface area contributed by atoms with Gasteiger partial charge in [-0.1, -0.05) is 53.8 Å². The number of ether oxygens (including phenoxy) is 1. The van der Waals surface area contributed by atoms with Crippen molar-refractivity contribution in [1.82, 2.24) is 4.57 Å². The summed E-state index contributed by atoms with van der Waals surface area (Å²) < 4.78 is 14.1. The highest BCUT2D eigenvalue weighted by Crippen LogP contribution is 2.43.